The summed E-state index contributed by atoms with van der Waals surface area (Å²) in [5, 5.41) is 8.79. The van der Waals surface area contributed by atoms with Crippen molar-refractivity contribution in [2.75, 3.05) is 0 Å². The van der Waals surface area contributed by atoms with Crippen molar-refractivity contribution in [3.8, 4) is 5.75 Å². The van der Waals surface area contributed by atoms with Gasteiger partial charge in [-0.05, 0) is 29.3 Å². The molecule has 0 bridgehead atoms. The van der Waals surface area contributed by atoms with Crippen molar-refractivity contribution in [3.63, 3.8) is 0 Å². The largest absolute Gasteiger partial charge is 1.00 e. The average molecular weight is 180 g/mol. The van der Waals surface area contributed by atoms with E-state index in [-0.39, 0.29) is 40.2 Å². The first-order valence-electron chi connectivity index (χ1n) is 2.58. The van der Waals surface area contributed by atoms with E-state index in [4.69, 9.17) is 5.11 Å². The van der Waals surface area contributed by atoms with Crippen LogP contribution in [0.25, 0.3) is 0 Å². The van der Waals surface area contributed by atoms with Gasteiger partial charge in [-0.1, -0.05) is 6.07 Å². The molecule has 0 radical (unpaired) electrons. The molecule has 0 saturated carbocycles. The SMILES string of the molecule is O=S([O-])c1cccc(O)c1.[Na+]. The Labute approximate surface area is 89.0 Å². The van der Waals surface area contributed by atoms with Crippen molar-refractivity contribution >= 4 is 11.1 Å². The number of hydrogen-bond donors (Lipinski definition) is 1. The van der Waals surface area contributed by atoms with Crippen molar-refractivity contribution in [2.24, 2.45) is 0 Å². The van der Waals surface area contributed by atoms with Crippen LogP contribution in [0.2, 0.25) is 0 Å². The van der Waals surface area contributed by atoms with Crippen LogP contribution in [0, 0.1) is 0 Å². The molecule has 1 aromatic carbocycles. The van der Waals surface area contributed by atoms with Crippen LogP contribution in [-0.2, 0) is 11.1 Å². The third-order valence-corrected chi connectivity index (χ3v) is 1.65. The van der Waals surface area contributed by atoms with Crippen molar-refractivity contribution in [3.05, 3.63) is 24.3 Å². The third-order valence-electron chi connectivity index (χ3n) is 1.01. The number of rotatable bonds is 1. The van der Waals surface area contributed by atoms with Gasteiger partial charge in [0.15, 0.2) is 0 Å². The van der Waals surface area contributed by atoms with E-state index in [1.807, 2.05) is 0 Å². The van der Waals surface area contributed by atoms with Crippen LogP contribution in [-0.4, -0.2) is 13.9 Å². The molecule has 0 aromatic heterocycles. The molecular formula is C6H5NaO3S. The van der Waals surface area contributed by atoms with E-state index in [1.165, 1.54) is 24.3 Å². The predicted molar refractivity (Wildman–Crippen MR) is 35.3 cm³/mol. The van der Waals surface area contributed by atoms with Gasteiger partial charge >= 0.3 is 29.6 Å². The monoisotopic (exact) mass is 180 g/mol. The third kappa shape index (κ3) is 3.35. The van der Waals surface area contributed by atoms with Gasteiger partial charge in [-0.3, -0.25) is 4.21 Å². The minimum absolute atomic E-state index is 0. The molecule has 54 valence electrons. The fraction of sp³-hybridized carbons (Fsp3) is 0. The van der Waals surface area contributed by atoms with Gasteiger partial charge in [0, 0.05) is 4.90 Å². The molecule has 1 unspecified atom stereocenters. The zero-order valence-electron chi connectivity index (χ0n) is 5.98. The van der Waals surface area contributed by atoms with E-state index in [0.29, 0.717) is 0 Å². The molecule has 1 N–H and O–H groups in total. The molecule has 0 saturated heterocycles. The van der Waals surface area contributed by atoms with Crippen molar-refractivity contribution in [1.29, 1.82) is 0 Å². The second kappa shape index (κ2) is 4.90. The molecule has 0 aliphatic carbocycles. The van der Waals surface area contributed by atoms with Crippen molar-refractivity contribution < 1.29 is 43.4 Å². The molecule has 1 atom stereocenters. The molecule has 0 spiro atoms. The molecule has 1 rings (SSSR count). The number of aromatic hydroxyl groups is 1. The summed E-state index contributed by atoms with van der Waals surface area (Å²) >= 11 is -2.25. The summed E-state index contributed by atoms with van der Waals surface area (Å²) < 4.78 is 20.5. The van der Waals surface area contributed by atoms with Gasteiger partial charge in [-0.2, -0.15) is 0 Å². The van der Waals surface area contributed by atoms with Gasteiger partial charge in [0.05, 0.1) is 0 Å². The zero-order chi connectivity index (χ0) is 7.56. The molecule has 1 aromatic rings. The first-order chi connectivity index (χ1) is 4.70. The van der Waals surface area contributed by atoms with Crippen LogP contribution in [0.3, 0.4) is 0 Å². The Hall–Kier alpha value is 0.130. The summed E-state index contributed by atoms with van der Waals surface area (Å²) in [5.74, 6) is -0.0401. The van der Waals surface area contributed by atoms with Crippen LogP contribution in [0.1, 0.15) is 0 Å². The van der Waals surface area contributed by atoms with E-state index in [0.717, 1.165) is 0 Å². The fourth-order valence-electron chi connectivity index (χ4n) is 0.587. The second-order valence-corrected chi connectivity index (χ2v) is 2.67. The zero-order valence-corrected chi connectivity index (χ0v) is 8.80. The van der Waals surface area contributed by atoms with E-state index in [9.17, 15) is 8.76 Å². The summed E-state index contributed by atoms with van der Waals surface area (Å²) in [7, 11) is 0. The van der Waals surface area contributed by atoms with Crippen LogP contribution >= 0.6 is 0 Å². The minimum atomic E-state index is -2.25. The normalized spacial score (nSPS) is 11.7. The molecule has 0 heterocycles. The number of benzene rings is 1. The quantitative estimate of drug-likeness (QED) is 0.388. The topological polar surface area (TPSA) is 60.4 Å². The molecule has 5 heteroatoms. The molecule has 0 amide bonds. The molecule has 0 aliphatic heterocycles. The van der Waals surface area contributed by atoms with Crippen LogP contribution in [0.4, 0.5) is 0 Å². The van der Waals surface area contributed by atoms with Crippen LogP contribution in [0.15, 0.2) is 29.2 Å². The van der Waals surface area contributed by atoms with E-state index in [2.05, 4.69) is 0 Å². The molecule has 3 nitrogen and oxygen atoms in total. The Morgan fingerprint density at radius 1 is 1.45 bits per heavy atom. The van der Waals surface area contributed by atoms with Crippen LogP contribution in [0.5, 0.6) is 5.75 Å². The first kappa shape index (κ1) is 11.1. The van der Waals surface area contributed by atoms with Gasteiger partial charge in [0.1, 0.15) is 5.75 Å². The Morgan fingerprint density at radius 3 is 2.45 bits per heavy atom. The standard InChI is InChI=1S/C6H6O3S.Na/c7-5-2-1-3-6(4-5)10(8)9;/h1-4,7H,(H,8,9);/q;+1/p-1. The summed E-state index contributed by atoms with van der Waals surface area (Å²) in [6, 6.07) is 5.47. The second-order valence-electron chi connectivity index (χ2n) is 1.73. The van der Waals surface area contributed by atoms with Gasteiger partial charge in [0.25, 0.3) is 0 Å². The van der Waals surface area contributed by atoms with Gasteiger partial charge in [-0.15, -0.1) is 0 Å². The average Bonchev–Trinajstić information content (AvgIpc) is 1.88. The Morgan fingerprint density at radius 2 is 2.09 bits per heavy atom. The van der Waals surface area contributed by atoms with Crippen molar-refractivity contribution in [2.45, 2.75) is 4.90 Å². The summed E-state index contributed by atoms with van der Waals surface area (Å²) in [6.45, 7) is 0. The Bertz CT molecular complexity index is 264. The smallest absolute Gasteiger partial charge is 0.768 e. The predicted octanol–water partition coefficient (Wildman–Crippen LogP) is -2.37. The maximum atomic E-state index is 10.2. The van der Waals surface area contributed by atoms with Gasteiger partial charge < -0.3 is 9.66 Å². The Kier molecular flexibility index (Phi) is 4.96. The molecule has 11 heavy (non-hydrogen) atoms. The van der Waals surface area contributed by atoms with Gasteiger partial charge in [-0.25, -0.2) is 0 Å². The minimum Gasteiger partial charge on any atom is -0.768 e. The molecule has 0 aliphatic rings. The number of phenols is 1. The Balaban J connectivity index is 0.000001000. The van der Waals surface area contributed by atoms with Crippen molar-refractivity contribution in [1.82, 2.24) is 0 Å². The first-order valence-corrected chi connectivity index (χ1v) is 3.66. The summed E-state index contributed by atoms with van der Waals surface area (Å²) in [4.78, 5) is 0.0972. The summed E-state index contributed by atoms with van der Waals surface area (Å²) in [6.07, 6.45) is 0. The van der Waals surface area contributed by atoms with E-state index >= 15 is 0 Å². The molecule has 0 fully saturated rings. The maximum Gasteiger partial charge on any atom is 1.00 e. The van der Waals surface area contributed by atoms with E-state index < -0.39 is 11.1 Å². The maximum absolute atomic E-state index is 10.2. The number of hydrogen-bond acceptors (Lipinski definition) is 3. The summed E-state index contributed by atoms with van der Waals surface area (Å²) in [5.41, 5.74) is 0. The van der Waals surface area contributed by atoms with Crippen LogP contribution < -0.4 is 29.6 Å². The molecular weight excluding hydrogens is 175 g/mol. The van der Waals surface area contributed by atoms with E-state index in [1.54, 1.807) is 0 Å². The fourth-order valence-corrected chi connectivity index (χ4v) is 0.994. The number of phenolic OH excluding ortho intramolecular Hbond substituents is 1. The van der Waals surface area contributed by atoms with Gasteiger partial charge in [0.2, 0.25) is 0 Å².